The van der Waals surface area contributed by atoms with Crippen molar-refractivity contribution in [1.29, 1.82) is 0 Å². The van der Waals surface area contributed by atoms with E-state index < -0.39 is 23.1 Å². The third-order valence-corrected chi connectivity index (χ3v) is 6.76. The lowest BCUT2D eigenvalue weighted by molar-refractivity contribution is 0.0328. The first-order valence-corrected chi connectivity index (χ1v) is 12.6. The van der Waals surface area contributed by atoms with Crippen molar-refractivity contribution in [2.24, 2.45) is 0 Å². The van der Waals surface area contributed by atoms with Crippen LogP contribution in [-0.2, 0) is 4.74 Å². The van der Waals surface area contributed by atoms with Crippen LogP contribution in [0.15, 0.2) is 71.8 Å². The van der Waals surface area contributed by atoms with Gasteiger partial charge in [0.1, 0.15) is 22.5 Å². The molecule has 3 heterocycles. The van der Waals surface area contributed by atoms with E-state index in [-0.39, 0.29) is 34.8 Å². The second-order valence-corrected chi connectivity index (χ2v) is 9.41. The molecule has 3 aromatic heterocycles. The molecular formula is C28H23F2N7O4. The van der Waals surface area contributed by atoms with Crippen LogP contribution in [0, 0.1) is 11.6 Å². The highest BCUT2D eigenvalue weighted by atomic mass is 19.1. The number of ether oxygens (including phenoxy) is 2. The molecule has 0 radical (unpaired) electrons. The van der Waals surface area contributed by atoms with Gasteiger partial charge < -0.3 is 20.1 Å². The highest BCUT2D eigenvalue weighted by molar-refractivity contribution is 6.04. The predicted molar refractivity (Wildman–Crippen MR) is 146 cm³/mol. The summed E-state index contributed by atoms with van der Waals surface area (Å²) in [6.07, 6.45) is 4.66. The number of methoxy groups -OCH3 is 1. The molecule has 2 aromatic carbocycles. The van der Waals surface area contributed by atoms with Gasteiger partial charge in [0.25, 0.3) is 11.5 Å². The summed E-state index contributed by atoms with van der Waals surface area (Å²) in [5, 5.41) is 17.5. The van der Waals surface area contributed by atoms with Crippen molar-refractivity contribution in [2.45, 2.75) is 25.0 Å². The number of carbonyl (C=O) groups is 1. The summed E-state index contributed by atoms with van der Waals surface area (Å²) < 4.78 is 40.6. The van der Waals surface area contributed by atoms with Crippen molar-refractivity contribution in [1.82, 2.24) is 25.0 Å². The van der Waals surface area contributed by atoms with Crippen molar-refractivity contribution in [3.8, 4) is 17.2 Å². The Kier molecular flexibility index (Phi) is 6.85. The zero-order valence-electron chi connectivity index (χ0n) is 21.6. The van der Waals surface area contributed by atoms with Crippen LogP contribution in [-0.4, -0.2) is 50.1 Å². The van der Waals surface area contributed by atoms with Crippen LogP contribution in [0.25, 0.3) is 16.7 Å². The summed E-state index contributed by atoms with van der Waals surface area (Å²) in [6.45, 7) is 0. The minimum atomic E-state index is -0.766. The monoisotopic (exact) mass is 559 g/mol. The van der Waals surface area contributed by atoms with Gasteiger partial charge >= 0.3 is 0 Å². The van der Waals surface area contributed by atoms with E-state index in [0.29, 0.717) is 22.6 Å². The fourth-order valence-electron chi connectivity index (χ4n) is 4.51. The molecule has 5 aromatic rings. The zero-order chi connectivity index (χ0) is 28.5. The highest BCUT2D eigenvalue weighted by Gasteiger charge is 2.30. The summed E-state index contributed by atoms with van der Waals surface area (Å²) in [4.78, 5) is 30.0. The Hall–Kier alpha value is -5.17. The Bertz CT molecular complexity index is 1800. The van der Waals surface area contributed by atoms with Gasteiger partial charge in [-0.3, -0.25) is 14.7 Å². The number of nitrogens with one attached hydrogen (secondary N) is 3. The fraction of sp³-hybridized carbons (Fsp3) is 0.179. The normalized spacial score (nSPS) is 16.3. The van der Waals surface area contributed by atoms with Crippen molar-refractivity contribution in [2.75, 3.05) is 17.7 Å². The molecule has 0 saturated heterocycles. The van der Waals surface area contributed by atoms with Gasteiger partial charge in [-0.2, -0.15) is 14.9 Å². The van der Waals surface area contributed by atoms with Gasteiger partial charge in [-0.1, -0.05) is 0 Å². The van der Waals surface area contributed by atoms with Crippen LogP contribution in [0.2, 0.25) is 0 Å². The van der Waals surface area contributed by atoms with E-state index in [2.05, 4.69) is 30.9 Å². The lowest BCUT2D eigenvalue weighted by Gasteiger charge is -2.34. The maximum absolute atomic E-state index is 15.1. The number of rotatable bonds is 8. The van der Waals surface area contributed by atoms with Crippen LogP contribution in [0.3, 0.4) is 0 Å². The van der Waals surface area contributed by atoms with E-state index in [9.17, 15) is 14.0 Å². The summed E-state index contributed by atoms with van der Waals surface area (Å²) in [7, 11) is 1.68. The maximum Gasteiger partial charge on any atom is 0.284 e. The molecular weight excluding hydrogens is 536 g/mol. The molecule has 1 aliphatic carbocycles. The van der Waals surface area contributed by atoms with Gasteiger partial charge in [-0.25, -0.2) is 13.8 Å². The predicted octanol–water partition coefficient (Wildman–Crippen LogP) is 4.42. The number of halogens is 2. The van der Waals surface area contributed by atoms with E-state index in [1.54, 1.807) is 13.2 Å². The molecule has 1 amide bonds. The minimum absolute atomic E-state index is 0.0895. The second-order valence-electron chi connectivity index (χ2n) is 9.41. The lowest BCUT2D eigenvalue weighted by atomic mass is 9.89. The minimum Gasteiger partial charge on any atom is -0.453 e. The maximum atomic E-state index is 15.1. The molecule has 1 aliphatic rings. The number of aromatic nitrogens is 5. The average molecular weight is 560 g/mol. The van der Waals surface area contributed by atoms with Crippen molar-refractivity contribution in [3.05, 3.63) is 94.5 Å². The highest BCUT2D eigenvalue weighted by Crippen LogP contribution is 2.36. The smallest absolute Gasteiger partial charge is 0.284 e. The number of nitrogens with zero attached hydrogens (tertiary/aromatic N) is 4. The molecule has 0 atom stereocenters. The van der Waals surface area contributed by atoms with E-state index in [0.717, 1.165) is 23.6 Å². The summed E-state index contributed by atoms with van der Waals surface area (Å²) >= 11 is 0. The number of anilines is 2. The number of fused-ring (bicyclic) bond motifs is 1. The first kappa shape index (κ1) is 26.1. The van der Waals surface area contributed by atoms with E-state index in [4.69, 9.17) is 9.47 Å². The molecule has 208 valence electrons. The number of hydrogen-bond acceptors (Lipinski definition) is 8. The first-order chi connectivity index (χ1) is 19.9. The SMILES string of the molecule is COC1CC(Nc2n[nH]c3nccc(Oc4ccc(NC(=O)c5ccnn(-c6ccc(F)cc6)c5=O)cc4F)c23)C1. The number of pyridine rings is 1. The van der Waals surface area contributed by atoms with Crippen LogP contribution in [0.4, 0.5) is 20.3 Å². The van der Waals surface area contributed by atoms with Crippen LogP contribution >= 0.6 is 0 Å². The molecule has 0 bridgehead atoms. The second kappa shape index (κ2) is 10.8. The van der Waals surface area contributed by atoms with E-state index in [1.165, 1.54) is 54.9 Å². The van der Waals surface area contributed by atoms with Crippen molar-refractivity contribution < 1.29 is 23.0 Å². The Morgan fingerprint density at radius 2 is 1.85 bits per heavy atom. The Morgan fingerprint density at radius 1 is 1.05 bits per heavy atom. The topological polar surface area (TPSA) is 136 Å². The third-order valence-electron chi connectivity index (χ3n) is 6.76. The fourth-order valence-corrected chi connectivity index (χ4v) is 4.51. The van der Waals surface area contributed by atoms with Crippen molar-refractivity contribution >= 4 is 28.4 Å². The molecule has 13 heteroatoms. The number of aromatic amines is 1. The summed E-state index contributed by atoms with van der Waals surface area (Å²) in [6, 6.07) is 12.0. The standard InChI is InChI=1S/C28H23F2N7O4/c1-40-19-12-17(13-19)33-26-24-23(9-10-31-25(24)35-36-26)41-22-7-4-16(14-21(22)30)34-27(38)20-8-11-32-37(28(20)39)18-5-2-15(29)3-6-18/h2-11,14,17,19H,12-13H2,1H3,(H,34,38)(H2,31,33,35,36). The number of benzene rings is 2. The zero-order valence-corrected chi connectivity index (χ0v) is 21.6. The van der Waals surface area contributed by atoms with E-state index >= 15 is 4.39 Å². The third kappa shape index (κ3) is 5.22. The molecule has 41 heavy (non-hydrogen) atoms. The van der Waals surface area contributed by atoms with Gasteiger partial charge in [0, 0.05) is 43.4 Å². The quantitative estimate of drug-likeness (QED) is 0.254. The average Bonchev–Trinajstić information content (AvgIpc) is 3.36. The Morgan fingerprint density at radius 3 is 2.61 bits per heavy atom. The van der Waals surface area contributed by atoms with E-state index in [1.807, 2.05) is 0 Å². The molecule has 1 fully saturated rings. The summed E-state index contributed by atoms with van der Waals surface area (Å²) in [5.41, 5.74) is -0.0877. The largest absolute Gasteiger partial charge is 0.453 e. The Balaban J connectivity index is 1.19. The molecule has 1 saturated carbocycles. The van der Waals surface area contributed by atoms with Gasteiger partial charge in [-0.15, -0.1) is 0 Å². The number of hydrogen-bond donors (Lipinski definition) is 3. The van der Waals surface area contributed by atoms with Gasteiger partial charge in [0.2, 0.25) is 0 Å². The van der Waals surface area contributed by atoms with Gasteiger partial charge in [0.05, 0.1) is 11.8 Å². The first-order valence-electron chi connectivity index (χ1n) is 12.6. The number of amides is 1. The van der Waals surface area contributed by atoms with Crippen LogP contribution in [0.1, 0.15) is 23.2 Å². The molecule has 0 aliphatic heterocycles. The van der Waals surface area contributed by atoms with Crippen LogP contribution < -0.4 is 20.9 Å². The van der Waals surface area contributed by atoms with Crippen molar-refractivity contribution in [3.63, 3.8) is 0 Å². The lowest BCUT2D eigenvalue weighted by Crippen LogP contribution is -2.40. The molecule has 11 nitrogen and oxygen atoms in total. The molecule has 0 spiro atoms. The van der Waals surface area contributed by atoms with Gasteiger partial charge in [-0.05, 0) is 55.3 Å². The summed E-state index contributed by atoms with van der Waals surface area (Å²) in [5.74, 6) is -1.20. The Labute approximate surface area is 231 Å². The molecule has 3 N–H and O–H groups in total. The van der Waals surface area contributed by atoms with Gasteiger partial charge in [0.15, 0.2) is 23.0 Å². The molecule has 0 unspecified atom stereocenters. The molecule has 6 rings (SSSR count). The number of H-pyrrole nitrogens is 1. The van der Waals surface area contributed by atoms with Crippen LogP contribution in [0.5, 0.6) is 11.5 Å². The number of carbonyl (C=O) groups excluding carboxylic acids is 1.